The second kappa shape index (κ2) is 10.2. The highest BCUT2D eigenvalue weighted by molar-refractivity contribution is 6.30. The van der Waals surface area contributed by atoms with Gasteiger partial charge in [-0.15, -0.1) is 0 Å². The number of amides is 1. The van der Waals surface area contributed by atoms with E-state index in [0.29, 0.717) is 30.4 Å². The van der Waals surface area contributed by atoms with Gasteiger partial charge in [0.2, 0.25) is 5.91 Å². The van der Waals surface area contributed by atoms with Crippen LogP contribution < -0.4 is 10.1 Å². The topological polar surface area (TPSA) is 56.2 Å². The summed E-state index contributed by atoms with van der Waals surface area (Å²) in [5.74, 6) is 1.18. The third kappa shape index (κ3) is 5.77. The Hall–Kier alpha value is -3.57. The van der Waals surface area contributed by atoms with Crippen LogP contribution in [0.4, 0.5) is 5.82 Å². The first-order chi connectivity index (χ1) is 15.6. The molecule has 0 radical (unpaired) electrons. The maximum absolute atomic E-state index is 12.4. The summed E-state index contributed by atoms with van der Waals surface area (Å²) in [7, 11) is 0. The van der Waals surface area contributed by atoms with Gasteiger partial charge in [-0.05, 0) is 36.2 Å². The Kier molecular flexibility index (Phi) is 6.87. The lowest BCUT2D eigenvalue weighted by atomic mass is 10.1. The highest BCUT2D eigenvalue weighted by Crippen LogP contribution is 2.25. The summed E-state index contributed by atoms with van der Waals surface area (Å²) in [5, 5.41) is 8.08. The van der Waals surface area contributed by atoms with Crippen LogP contribution in [0.3, 0.4) is 0 Å². The van der Waals surface area contributed by atoms with Gasteiger partial charge in [0.25, 0.3) is 0 Å². The lowest BCUT2D eigenvalue weighted by molar-refractivity contribution is -0.115. The van der Waals surface area contributed by atoms with Gasteiger partial charge >= 0.3 is 0 Å². The normalized spacial score (nSPS) is 10.7. The molecule has 4 rings (SSSR count). The molecule has 0 atom stereocenters. The average molecular weight is 446 g/mol. The average Bonchev–Trinajstić information content (AvgIpc) is 3.13. The van der Waals surface area contributed by atoms with Crippen LogP contribution in [0, 0.1) is 6.92 Å². The number of halogens is 1. The van der Waals surface area contributed by atoms with Crippen molar-refractivity contribution in [3.8, 4) is 5.75 Å². The molecule has 1 aromatic heterocycles. The number of hydrogen-bond donors (Lipinski definition) is 1. The van der Waals surface area contributed by atoms with E-state index >= 15 is 0 Å². The Bertz CT molecular complexity index is 1190. The molecule has 0 fully saturated rings. The fourth-order valence-corrected chi connectivity index (χ4v) is 3.60. The Morgan fingerprint density at radius 2 is 1.66 bits per heavy atom. The number of nitrogens with zero attached hydrogens (tertiary/aromatic N) is 2. The zero-order chi connectivity index (χ0) is 22.3. The summed E-state index contributed by atoms with van der Waals surface area (Å²) >= 11 is 6.25. The van der Waals surface area contributed by atoms with Crippen LogP contribution in [0.5, 0.6) is 5.75 Å². The van der Waals surface area contributed by atoms with Crippen LogP contribution in [-0.4, -0.2) is 15.7 Å². The SMILES string of the molecule is Cc1cc(NC(=O)Cc2ccccc2)nn1Cc1cc(Cl)ccc1OCc1ccccc1. The summed E-state index contributed by atoms with van der Waals surface area (Å²) in [6, 6.07) is 27.1. The third-order valence-corrected chi connectivity index (χ3v) is 5.27. The Labute approximate surface area is 192 Å². The minimum atomic E-state index is -0.101. The van der Waals surface area contributed by atoms with E-state index in [1.165, 1.54) is 0 Å². The van der Waals surface area contributed by atoms with E-state index in [2.05, 4.69) is 10.4 Å². The molecule has 0 saturated carbocycles. The highest BCUT2D eigenvalue weighted by Gasteiger charge is 2.12. The van der Waals surface area contributed by atoms with Gasteiger partial charge in [0, 0.05) is 22.3 Å². The van der Waals surface area contributed by atoms with Crippen LogP contribution in [0.15, 0.2) is 84.9 Å². The minimum Gasteiger partial charge on any atom is -0.489 e. The molecule has 6 heteroatoms. The molecule has 4 aromatic rings. The largest absolute Gasteiger partial charge is 0.489 e. The number of aryl methyl sites for hydroxylation is 1. The molecule has 0 saturated heterocycles. The fourth-order valence-electron chi connectivity index (χ4n) is 3.41. The number of nitrogens with one attached hydrogen (secondary N) is 1. The first-order valence-electron chi connectivity index (χ1n) is 10.4. The van der Waals surface area contributed by atoms with Crippen LogP contribution >= 0.6 is 11.6 Å². The molecule has 0 aliphatic rings. The number of aromatic nitrogens is 2. The molecular weight excluding hydrogens is 422 g/mol. The number of benzene rings is 3. The standard InChI is InChI=1S/C26H24ClN3O2/c1-19-14-25(28-26(31)15-20-8-4-2-5-9-20)29-30(19)17-22-16-23(27)12-13-24(22)32-18-21-10-6-3-7-11-21/h2-14,16H,15,17-18H2,1H3,(H,28,29,31). The maximum atomic E-state index is 12.4. The smallest absolute Gasteiger partial charge is 0.229 e. The van der Waals surface area contributed by atoms with Crippen LogP contribution in [0.25, 0.3) is 0 Å². The summed E-state index contributed by atoms with van der Waals surface area (Å²) in [6.07, 6.45) is 0.304. The monoisotopic (exact) mass is 445 g/mol. The molecule has 0 spiro atoms. The van der Waals surface area contributed by atoms with E-state index in [4.69, 9.17) is 16.3 Å². The number of carbonyl (C=O) groups excluding carboxylic acids is 1. The summed E-state index contributed by atoms with van der Waals surface area (Å²) in [5.41, 5.74) is 3.89. The lowest BCUT2D eigenvalue weighted by Gasteiger charge is -2.13. The van der Waals surface area contributed by atoms with E-state index in [1.807, 2.05) is 96.5 Å². The predicted octanol–water partition coefficient (Wildman–Crippen LogP) is 5.65. The second-order valence-corrected chi connectivity index (χ2v) is 8.00. The number of ether oxygens (including phenoxy) is 1. The molecule has 0 bridgehead atoms. The van der Waals surface area contributed by atoms with E-state index < -0.39 is 0 Å². The van der Waals surface area contributed by atoms with Crippen molar-refractivity contribution in [2.45, 2.75) is 26.5 Å². The minimum absolute atomic E-state index is 0.101. The van der Waals surface area contributed by atoms with Gasteiger partial charge in [0.05, 0.1) is 13.0 Å². The quantitative estimate of drug-likeness (QED) is 0.381. The van der Waals surface area contributed by atoms with Crippen LogP contribution in [-0.2, 0) is 24.4 Å². The van der Waals surface area contributed by atoms with Crippen molar-refractivity contribution in [1.29, 1.82) is 0 Å². The summed E-state index contributed by atoms with van der Waals surface area (Å²) < 4.78 is 7.89. The van der Waals surface area contributed by atoms with Gasteiger partial charge in [-0.1, -0.05) is 72.3 Å². The first-order valence-corrected chi connectivity index (χ1v) is 10.8. The summed E-state index contributed by atoms with van der Waals surface area (Å²) in [6.45, 7) is 2.90. The molecule has 0 aliphatic carbocycles. The molecule has 0 aliphatic heterocycles. The van der Waals surface area contributed by atoms with E-state index in [9.17, 15) is 4.79 Å². The van der Waals surface area contributed by atoms with Gasteiger partial charge in [-0.2, -0.15) is 5.10 Å². The van der Waals surface area contributed by atoms with Crippen molar-refractivity contribution in [2.24, 2.45) is 0 Å². The van der Waals surface area contributed by atoms with Gasteiger partial charge in [-0.25, -0.2) is 0 Å². The van der Waals surface area contributed by atoms with Gasteiger partial charge in [0.15, 0.2) is 5.82 Å². The lowest BCUT2D eigenvalue weighted by Crippen LogP contribution is -2.15. The molecule has 1 N–H and O–H groups in total. The fraction of sp³-hybridized carbons (Fsp3) is 0.154. The van der Waals surface area contributed by atoms with Gasteiger partial charge < -0.3 is 10.1 Å². The predicted molar refractivity (Wildman–Crippen MR) is 127 cm³/mol. The number of carbonyl (C=O) groups is 1. The molecule has 0 unspecified atom stereocenters. The van der Waals surface area contributed by atoms with E-state index in [1.54, 1.807) is 0 Å². The van der Waals surface area contributed by atoms with Crippen molar-refractivity contribution in [2.75, 3.05) is 5.32 Å². The van der Waals surface area contributed by atoms with Crippen molar-refractivity contribution < 1.29 is 9.53 Å². The molecule has 32 heavy (non-hydrogen) atoms. The highest BCUT2D eigenvalue weighted by atomic mass is 35.5. The van der Waals surface area contributed by atoms with Crippen molar-refractivity contribution in [3.05, 3.63) is 112 Å². The number of rotatable bonds is 8. The third-order valence-electron chi connectivity index (χ3n) is 5.04. The number of anilines is 1. The van der Waals surface area contributed by atoms with Crippen LogP contribution in [0.2, 0.25) is 5.02 Å². The molecule has 162 valence electrons. The molecule has 1 heterocycles. The van der Waals surface area contributed by atoms with Crippen LogP contribution in [0.1, 0.15) is 22.4 Å². The zero-order valence-electron chi connectivity index (χ0n) is 17.8. The number of hydrogen-bond acceptors (Lipinski definition) is 3. The molecule has 5 nitrogen and oxygen atoms in total. The van der Waals surface area contributed by atoms with Crippen molar-refractivity contribution in [1.82, 2.24) is 9.78 Å². The maximum Gasteiger partial charge on any atom is 0.229 e. The zero-order valence-corrected chi connectivity index (χ0v) is 18.5. The van der Waals surface area contributed by atoms with Crippen molar-refractivity contribution in [3.63, 3.8) is 0 Å². The van der Waals surface area contributed by atoms with E-state index in [-0.39, 0.29) is 5.91 Å². The Morgan fingerprint density at radius 3 is 2.38 bits per heavy atom. The van der Waals surface area contributed by atoms with Crippen molar-refractivity contribution >= 4 is 23.3 Å². The molecular formula is C26H24ClN3O2. The molecule has 1 amide bonds. The van der Waals surface area contributed by atoms with Gasteiger partial charge in [0.1, 0.15) is 12.4 Å². The molecule has 3 aromatic carbocycles. The van der Waals surface area contributed by atoms with Gasteiger partial charge in [-0.3, -0.25) is 9.48 Å². The first kappa shape index (κ1) is 21.7. The second-order valence-electron chi connectivity index (χ2n) is 7.57. The summed E-state index contributed by atoms with van der Waals surface area (Å²) in [4.78, 5) is 12.4. The Morgan fingerprint density at radius 1 is 0.969 bits per heavy atom. The van der Waals surface area contributed by atoms with E-state index in [0.717, 1.165) is 28.1 Å². The Balaban J connectivity index is 1.45.